The van der Waals surface area contributed by atoms with Crippen molar-refractivity contribution in [2.45, 2.75) is 57.4 Å². The van der Waals surface area contributed by atoms with Gasteiger partial charge in [0.15, 0.2) is 9.84 Å². The highest BCUT2D eigenvalue weighted by Crippen LogP contribution is 2.16. The van der Waals surface area contributed by atoms with E-state index in [4.69, 9.17) is 4.74 Å². The zero-order valence-electron chi connectivity index (χ0n) is 11.5. The Morgan fingerprint density at radius 3 is 2.50 bits per heavy atom. The quantitative estimate of drug-likeness (QED) is 0.828. The smallest absolute Gasteiger partial charge is 0.238 e. The minimum absolute atomic E-state index is 0.0638. The van der Waals surface area contributed by atoms with Crippen molar-refractivity contribution in [1.29, 1.82) is 0 Å². The van der Waals surface area contributed by atoms with Crippen LogP contribution in [-0.2, 0) is 19.4 Å². The minimum Gasteiger partial charge on any atom is -0.377 e. The van der Waals surface area contributed by atoms with Gasteiger partial charge in [0.05, 0.1) is 11.9 Å². The van der Waals surface area contributed by atoms with Gasteiger partial charge in [0.1, 0.15) is 5.25 Å². The maximum Gasteiger partial charge on any atom is 0.238 e. The molecule has 1 aliphatic rings. The van der Waals surface area contributed by atoms with Crippen molar-refractivity contribution in [1.82, 2.24) is 5.32 Å². The maximum atomic E-state index is 12.1. The van der Waals surface area contributed by atoms with Crippen molar-refractivity contribution in [2.24, 2.45) is 0 Å². The lowest BCUT2D eigenvalue weighted by Crippen LogP contribution is -2.48. The van der Waals surface area contributed by atoms with E-state index in [0.29, 0.717) is 6.61 Å². The Morgan fingerprint density at radius 1 is 1.44 bits per heavy atom. The third kappa shape index (κ3) is 4.57. The van der Waals surface area contributed by atoms with Gasteiger partial charge in [0, 0.05) is 12.1 Å². The first kappa shape index (κ1) is 15.4. The molecule has 1 saturated heterocycles. The second kappa shape index (κ2) is 5.57. The maximum absolute atomic E-state index is 12.1. The molecule has 18 heavy (non-hydrogen) atoms. The van der Waals surface area contributed by atoms with Crippen LogP contribution in [0.1, 0.15) is 40.5 Å². The Kier molecular flexibility index (Phi) is 4.78. The Hall–Kier alpha value is -0.620. The summed E-state index contributed by atoms with van der Waals surface area (Å²) >= 11 is 0. The zero-order chi connectivity index (χ0) is 14.0. The van der Waals surface area contributed by atoms with E-state index in [-0.39, 0.29) is 11.9 Å². The van der Waals surface area contributed by atoms with Crippen LogP contribution >= 0.6 is 0 Å². The number of ether oxygens (including phenoxy) is 1. The number of nitrogens with one attached hydrogen (secondary N) is 1. The number of rotatable bonds is 4. The van der Waals surface area contributed by atoms with Crippen LogP contribution in [0, 0.1) is 0 Å². The number of sulfone groups is 1. The van der Waals surface area contributed by atoms with Crippen LogP contribution in [0.4, 0.5) is 0 Å². The molecule has 0 saturated carbocycles. The van der Waals surface area contributed by atoms with Gasteiger partial charge in [-0.2, -0.15) is 0 Å². The predicted octanol–water partition coefficient (Wildman–Crippen LogP) is 0.883. The summed E-state index contributed by atoms with van der Waals surface area (Å²) in [5.41, 5.74) is -0.426. The van der Waals surface area contributed by atoms with Gasteiger partial charge in [-0.05, 0) is 40.5 Å². The fraction of sp³-hybridized carbons (Fsp3) is 0.917. The molecule has 1 heterocycles. The van der Waals surface area contributed by atoms with E-state index in [2.05, 4.69) is 5.32 Å². The molecule has 0 radical (unpaired) electrons. The number of hydrogen-bond acceptors (Lipinski definition) is 4. The fourth-order valence-electron chi connectivity index (χ4n) is 1.81. The van der Waals surface area contributed by atoms with E-state index >= 15 is 0 Å². The van der Waals surface area contributed by atoms with Crippen molar-refractivity contribution < 1.29 is 17.9 Å². The van der Waals surface area contributed by atoms with Crippen LogP contribution in [0.15, 0.2) is 0 Å². The highest BCUT2D eigenvalue weighted by Gasteiger charge is 2.33. The molecule has 1 rings (SSSR count). The van der Waals surface area contributed by atoms with Crippen molar-refractivity contribution >= 4 is 15.7 Å². The molecule has 106 valence electrons. The number of hydrogen-bond donors (Lipinski definition) is 1. The van der Waals surface area contributed by atoms with Gasteiger partial charge in [-0.25, -0.2) is 8.42 Å². The van der Waals surface area contributed by atoms with E-state index in [0.717, 1.165) is 12.8 Å². The van der Waals surface area contributed by atoms with Crippen LogP contribution in [0.3, 0.4) is 0 Å². The lowest BCUT2D eigenvalue weighted by molar-refractivity contribution is -0.121. The second-order valence-electron chi connectivity index (χ2n) is 5.85. The van der Waals surface area contributed by atoms with E-state index < -0.39 is 26.5 Å². The van der Waals surface area contributed by atoms with Gasteiger partial charge in [0.2, 0.25) is 5.91 Å². The summed E-state index contributed by atoms with van der Waals surface area (Å²) in [4.78, 5) is 11.8. The standard InChI is InChI=1S/C12H23NO4S/c1-9(11(14)13-12(2,3)4)18(15,16)8-10-6-5-7-17-10/h9-10H,5-8H2,1-4H3,(H,13,14)/t9-,10+/m1/s1. The summed E-state index contributed by atoms with van der Waals surface area (Å²) in [5, 5.41) is 1.66. The molecule has 0 aliphatic carbocycles. The molecule has 2 atom stereocenters. The summed E-state index contributed by atoms with van der Waals surface area (Å²) in [6, 6.07) is 0. The Balaban J connectivity index is 2.63. The molecule has 0 unspecified atom stereocenters. The molecule has 0 aromatic carbocycles. The molecular formula is C12H23NO4S. The number of carbonyl (C=O) groups is 1. The van der Waals surface area contributed by atoms with Crippen molar-refractivity contribution in [2.75, 3.05) is 12.4 Å². The number of amides is 1. The zero-order valence-corrected chi connectivity index (χ0v) is 12.3. The first-order valence-corrected chi connectivity index (χ1v) is 7.98. The van der Waals surface area contributed by atoms with Crippen LogP contribution in [-0.4, -0.2) is 43.6 Å². The molecule has 1 N–H and O–H groups in total. The summed E-state index contributed by atoms with van der Waals surface area (Å²) in [7, 11) is -3.45. The predicted molar refractivity (Wildman–Crippen MR) is 70.1 cm³/mol. The lowest BCUT2D eigenvalue weighted by atomic mass is 10.1. The van der Waals surface area contributed by atoms with Crippen LogP contribution in [0.25, 0.3) is 0 Å². The molecule has 1 amide bonds. The average Bonchev–Trinajstić information content (AvgIpc) is 2.65. The SMILES string of the molecule is C[C@H](C(=O)NC(C)(C)C)S(=O)(=O)C[C@@H]1CCCO1. The average molecular weight is 277 g/mol. The second-order valence-corrected chi connectivity index (χ2v) is 8.21. The first-order chi connectivity index (χ1) is 8.12. The van der Waals surface area contributed by atoms with E-state index in [9.17, 15) is 13.2 Å². The van der Waals surface area contributed by atoms with Gasteiger partial charge in [-0.15, -0.1) is 0 Å². The topological polar surface area (TPSA) is 72.5 Å². The normalized spacial score (nSPS) is 22.8. The lowest BCUT2D eigenvalue weighted by Gasteiger charge is -2.23. The van der Waals surface area contributed by atoms with E-state index in [1.54, 1.807) is 0 Å². The Bertz CT molecular complexity index is 391. The van der Waals surface area contributed by atoms with Gasteiger partial charge in [-0.3, -0.25) is 4.79 Å². The Labute approximate surface area is 109 Å². The molecule has 5 nitrogen and oxygen atoms in total. The molecular weight excluding hydrogens is 254 g/mol. The van der Waals surface area contributed by atoms with Crippen LogP contribution < -0.4 is 5.32 Å². The van der Waals surface area contributed by atoms with Crippen molar-refractivity contribution in [3.8, 4) is 0 Å². The molecule has 1 fully saturated rings. The summed E-state index contributed by atoms with van der Waals surface area (Å²) in [6.07, 6.45) is 1.40. The monoisotopic (exact) mass is 277 g/mol. The van der Waals surface area contributed by atoms with Gasteiger partial charge in [-0.1, -0.05) is 0 Å². The first-order valence-electron chi connectivity index (χ1n) is 6.27. The van der Waals surface area contributed by atoms with Crippen LogP contribution in [0.5, 0.6) is 0 Å². The third-order valence-corrected chi connectivity index (χ3v) is 4.98. The molecule has 0 aromatic rings. The van der Waals surface area contributed by atoms with Crippen molar-refractivity contribution in [3.63, 3.8) is 0 Å². The fourth-order valence-corrected chi connectivity index (χ4v) is 3.27. The summed E-state index contributed by atoms with van der Waals surface area (Å²) in [5.74, 6) is -0.508. The third-order valence-electron chi connectivity index (χ3n) is 2.85. The molecule has 6 heteroatoms. The van der Waals surface area contributed by atoms with Gasteiger partial charge < -0.3 is 10.1 Å². The minimum atomic E-state index is -3.45. The molecule has 0 bridgehead atoms. The summed E-state index contributed by atoms with van der Waals surface area (Å²) < 4.78 is 29.5. The number of carbonyl (C=O) groups excluding carboxylic acids is 1. The van der Waals surface area contributed by atoms with Gasteiger partial charge in [0.25, 0.3) is 0 Å². The highest BCUT2D eigenvalue weighted by molar-refractivity contribution is 7.92. The molecule has 1 aliphatic heterocycles. The molecule has 0 aromatic heterocycles. The molecule has 0 spiro atoms. The van der Waals surface area contributed by atoms with E-state index in [1.807, 2.05) is 20.8 Å². The van der Waals surface area contributed by atoms with Crippen LogP contribution in [0.2, 0.25) is 0 Å². The van der Waals surface area contributed by atoms with Crippen molar-refractivity contribution in [3.05, 3.63) is 0 Å². The summed E-state index contributed by atoms with van der Waals surface area (Å²) in [6.45, 7) is 7.52. The van der Waals surface area contributed by atoms with E-state index in [1.165, 1.54) is 6.92 Å². The Morgan fingerprint density at radius 2 is 2.06 bits per heavy atom. The largest absolute Gasteiger partial charge is 0.377 e. The highest BCUT2D eigenvalue weighted by atomic mass is 32.2. The van der Waals surface area contributed by atoms with Gasteiger partial charge >= 0.3 is 0 Å².